The van der Waals surface area contributed by atoms with E-state index in [0.29, 0.717) is 60.9 Å². The van der Waals surface area contributed by atoms with Crippen molar-refractivity contribution in [2.75, 3.05) is 33.3 Å². The van der Waals surface area contributed by atoms with Crippen LogP contribution >= 0.6 is 0 Å². The number of amides is 1. The number of ether oxygens (including phenoxy) is 3. The molecule has 1 aromatic heterocycles. The van der Waals surface area contributed by atoms with Crippen molar-refractivity contribution in [1.29, 1.82) is 0 Å². The van der Waals surface area contributed by atoms with Crippen LogP contribution in [-0.2, 0) is 27.7 Å². The molecule has 0 radical (unpaired) electrons. The van der Waals surface area contributed by atoms with Crippen molar-refractivity contribution in [2.45, 2.75) is 57.3 Å². The van der Waals surface area contributed by atoms with Gasteiger partial charge in [0, 0.05) is 50.7 Å². The Morgan fingerprint density at radius 1 is 0.978 bits per heavy atom. The summed E-state index contributed by atoms with van der Waals surface area (Å²) in [4.78, 5) is 30.4. The van der Waals surface area contributed by atoms with Crippen molar-refractivity contribution in [3.8, 4) is 11.5 Å². The first-order chi connectivity index (χ1) is 21.9. The first kappa shape index (κ1) is 31.6. The quantitative estimate of drug-likeness (QED) is 0.262. The number of ketones is 1. The number of benzene rings is 3. The third-order valence-corrected chi connectivity index (χ3v) is 10.1. The van der Waals surface area contributed by atoms with Crippen molar-refractivity contribution >= 4 is 32.8 Å². The van der Waals surface area contributed by atoms with Crippen LogP contribution < -0.4 is 9.47 Å². The van der Waals surface area contributed by atoms with Gasteiger partial charge in [-0.1, -0.05) is 35.9 Å². The number of Topliss-reactive ketones (excluding diaryl/α,β-unsaturated/α-hetero) is 1. The molecule has 4 aromatic rings. The largest absolute Gasteiger partial charge is 0.496 e. The predicted octanol–water partition coefficient (Wildman–Crippen LogP) is 5.43. The lowest BCUT2D eigenvalue weighted by Crippen LogP contribution is -2.49. The third-order valence-electron chi connectivity index (χ3n) is 8.40. The highest BCUT2D eigenvalue weighted by atomic mass is 32.2. The number of carbonyl (C=O) groups excluding carboxylic acids is 2. The van der Waals surface area contributed by atoms with Crippen LogP contribution in [0.3, 0.4) is 0 Å². The van der Waals surface area contributed by atoms with Crippen LogP contribution in [0, 0.1) is 6.92 Å². The number of nitrogens with zero attached hydrogens (tertiary/aromatic N) is 3. The summed E-state index contributed by atoms with van der Waals surface area (Å²) in [6, 6.07) is 17.5. The van der Waals surface area contributed by atoms with Gasteiger partial charge in [0.05, 0.1) is 28.6 Å². The Bertz CT molecular complexity index is 1900. The van der Waals surface area contributed by atoms with E-state index in [-0.39, 0.29) is 23.2 Å². The fourth-order valence-electron chi connectivity index (χ4n) is 6.02. The van der Waals surface area contributed by atoms with Crippen molar-refractivity contribution < 1.29 is 32.2 Å². The van der Waals surface area contributed by atoms with Gasteiger partial charge in [0.2, 0.25) is 5.78 Å². The molecule has 1 saturated heterocycles. The van der Waals surface area contributed by atoms with Crippen LogP contribution in [0.2, 0.25) is 0 Å². The van der Waals surface area contributed by atoms with Gasteiger partial charge >= 0.3 is 6.09 Å². The van der Waals surface area contributed by atoms with Gasteiger partial charge in [-0.3, -0.25) is 9.69 Å². The van der Waals surface area contributed by atoms with Gasteiger partial charge < -0.3 is 19.1 Å². The second-order valence-corrected chi connectivity index (χ2v) is 14.6. The maximum atomic E-state index is 13.7. The molecule has 3 heterocycles. The SMILES string of the molecule is COc1ccc2c(c1CN1CCN(C(=O)OC(C)(C)C)CC1)OC(Cc1cn(S(=O)(=O)c3ccc(C)cc3)c3ccccc13)C2=O. The molecule has 3 aromatic carbocycles. The van der Waals surface area contributed by atoms with Crippen LogP contribution in [-0.4, -0.2) is 79.1 Å². The van der Waals surface area contributed by atoms with E-state index in [0.717, 1.165) is 16.5 Å². The maximum Gasteiger partial charge on any atom is 0.410 e. The number of piperazine rings is 1. The highest BCUT2D eigenvalue weighted by molar-refractivity contribution is 7.90. The molecule has 0 saturated carbocycles. The molecule has 1 atom stereocenters. The molecular weight excluding hydrogens is 606 g/mol. The second-order valence-electron chi connectivity index (χ2n) is 12.8. The molecule has 1 unspecified atom stereocenters. The standard InChI is InChI=1S/C35H39N3O7S/c1-23-10-12-25(13-11-23)46(41,42)38-21-24(26-8-6-7-9-29(26)38)20-31-32(39)27-14-15-30(43-5)28(33(27)44-31)22-36-16-18-37(19-17-36)34(40)45-35(2,3)4/h6-15,21,31H,16-20,22H2,1-5H3. The molecule has 0 bridgehead atoms. The summed E-state index contributed by atoms with van der Waals surface area (Å²) in [5, 5.41) is 0.742. The third kappa shape index (κ3) is 6.09. The van der Waals surface area contributed by atoms with Crippen molar-refractivity contribution in [3.63, 3.8) is 0 Å². The summed E-state index contributed by atoms with van der Waals surface area (Å²) in [7, 11) is -2.29. The minimum atomic E-state index is -3.88. The van der Waals surface area contributed by atoms with E-state index >= 15 is 0 Å². The fraction of sp³-hybridized carbons (Fsp3) is 0.371. The van der Waals surface area contributed by atoms with Gasteiger partial charge in [0.15, 0.2) is 6.10 Å². The number of aryl methyl sites for hydroxylation is 1. The Hall–Kier alpha value is -4.35. The number of para-hydroxylation sites is 1. The monoisotopic (exact) mass is 645 g/mol. The Morgan fingerprint density at radius 3 is 2.35 bits per heavy atom. The Kier molecular flexibility index (Phi) is 8.32. The molecule has 0 aliphatic carbocycles. The molecule has 242 valence electrons. The topological polar surface area (TPSA) is 107 Å². The minimum absolute atomic E-state index is 0.160. The molecule has 46 heavy (non-hydrogen) atoms. The van der Waals surface area contributed by atoms with E-state index in [1.54, 1.807) is 66.7 Å². The Labute approximate surface area is 269 Å². The number of methoxy groups -OCH3 is 1. The normalized spacial score (nSPS) is 17.2. The molecule has 2 aliphatic heterocycles. The zero-order valence-corrected chi connectivity index (χ0v) is 27.6. The summed E-state index contributed by atoms with van der Waals surface area (Å²) in [6.45, 7) is 10.2. The van der Waals surface area contributed by atoms with Crippen molar-refractivity contribution in [3.05, 3.63) is 89.1 Å². The highest BCUT2D eigenvalue weighted by Gasteiger charge is 2.37. The lowest BCUT2D eigenvalue weighted by atomic mass is 10.00. The van der Waals surface area contributed by atoms with Crippen LogP contribution in [0.25, 0.3) is 10.9 Å². The summed E-state index contributed by atoms with van der Waals surface area (Å²) in [5.74, 6) is 0.939. The first-order valence-corrected chi connectivity index (χ1v) is 16.8. The van der Waals surface area contributed by atoms with Gasteiger partial charge in [0.1, 0.15) is 17.1 Å². The van der Waals surface area contributed by atoms with Gasteiger partial charge in [-0.2, -0.15) is 0 Å². The molecule has 0 N–H and O–H groups in total. The molecule has 6 rings (SSSR count). The molecule has 0 spiro atoms. The van der Waals surface area contributed by atoms with E-state index in [2.05, 4.69) is 4.90 Å². The number of aromatic nitrogens is 1. The smallest absolute Gasteiger partial charge is 0.410 e. The average Bonchev–Trinajstić information content (AvgIpc) is 3.55. The molecule has 10 nitrogen and oxygen atoms in total. The maximum absolute atomic E-state index is 13.7. The van der Waals surface area contributed by atoms with E-state index in [1.807, 2.05) is 39.8 Å². The number of hydrogen-bond acceptors (Lipinski definition) is 8. The fourth-order valence-corrected chi connectivity index (χ4v) is 7.42. The Balaban J connectivity index is 1.23. The van der Waals surface area contributed by atoms with Crippen LogP contribution in [0.4, 0.5) is 4.79 Å². The van der Waals surface area contributed by atoms with Crippen LogP contribution in [0.1, 0.15) is 47.8 Å². The molecule has 1 fully saturated rings. The Morgan fingerprint density at radius 2 is 1.67 bits per heavy atom. The van der Waals surface area contributed by atoms with E-state index in [4.69, 9.17) is 14.2 Å². The van der Waals surface area contributed by atoms with Gasteiger partial charge in [-0.05, 0) is 63.6 Å². The van der Waals surface area contributed by atoms with E-state index in [1.165, 1.54) is 3.97 Å². The highest BCUT2D eigenvalue weighted by Crippen LogP contribution is 2.40. The first-order valence-electron chi connectivity index (χ1n) is 15.4. The van der Waals surface area contributed by atoms with Crippen LogP contribution in [0.5, 0.6) is 11.5 Å². The van der Waals surface area contributed by atoms with E-state index in [9.17, 15) is 18.0 Å². The number of hydrogen-bond donors (Lipinski definition) is 0. The number of carbonyl (C=O) groups is 2. The number of rotatable bonds is 7. The lowest BCUT2D eigenvalue weighted by Gasteiger charge is -2.35. The minimum Gasteiger partial charge on any atom is -0.496 e. The number of fused-ring (bicyclic) bond motifs is 2. The summed E-state index contributed by atoms with van der Waals surface area (Å²) in [6.07, 6.45) is 0.646. The van der Waals surface area contributed by atoms with Gasteiger partial charge in [-0.15, -0.1) is 0 Å². The molecular formula is C35H39N3O7S. The molecule has 2 aliphatic rings. The molecule has 1 amide bonds. The summed E-state index contributed by atoms with van der Waals surface area (Å²) < 4.78 is 46.3. The van der Waals surface area contributed by atoms with Crippen LogP contribution in [0.15, 0.2) is 71.8 Å². The zero-order valence-electron chi connectivity index (χ0n) is 26.8. The average molecular weight is 646 g/mol. The summed E-state index contributed by atoms with van der Waals surface area (Å²) in [5.41, 5.74) is 2.89. The van der Waals surface area contributed by atoms with Gasteiger partial charge in [0.25, 0.3) is 10.0 Å². The molecule has 11 heteroatoms. The van der Waals surface area contributed by atoms with Gasteiger partial charge in [-0.25, -0.2) is 17.2 Å². The predicted molar refractivity (Wildman–Crippen MR) is 174 cm³/mol. The van der Waals surface area contributed by atoms with E-state index < -0.39 is 21.7 Å². The zero-order chi connectivity index (χ0) is 32.8. The second kappa shape index (κ2) is 12.1. The lowest BCUT2D eigenvalue weighted by molar-refractivity contribution is 0.0137. The van der Waals surface area contributed by atoms with Crippen molar-refractivity contribution in [1.82, 2.24) is 13.8 Å². The van der Waals surface area contributed by atoms with Crippen molar-refractivity contribution in [2.24, 2.45) is 0 Å². The summed E-state index contributed by atoms with van der Waals surface area (Å²) >= 11 is 0.